The second-order valence-corrected chi connectivity index (χ2v) is 11.8. The molecule has 4 nitrogen and oxygen atoms in total. The summed E-state index contributed by atoms with van der Waals surface area (Å²) in [6.45, 7) is 3.52. The number of rotatable bonds is 8. The van der Waals surface area contributed by atoms with Gasteiger partial charge in [-0.05, 0) is 119 Å². The summed E-state index contributed by atoms with van der Waals surface area (Å²) in [5.74, 6) is -0.497. The lowest BCUT2D eigenvalue weighted by Gasteiger charge is -2.24. The second kappa shape index (κ2) is 13.8. The average molecular weight is 637 g/mol. The molecule has 1 heterocycles. The Morgan fingerprint density at radius 3 is 2.27 bits per heavy atom. The van der Waals surface area contributed by atoms with E-state index in [1.807, 2.05) is 40.7 Å². The van der Waals surface area contributed by atoms with Gasteiger partial charge >= 0.3 is 0 Å². The summed E-state index contributed by atoms with van der Waals surface area (Å²) in [4.78, 5) is 12.2. The molecule has 44 heavy (non-hydrogen) atoms. The molecule has 5 rings (SSSR count). The summed E-state index contributed by atoms with van der Waals surface area (Å²) in [5, 5.41) is 21.3. The molecule has 0 saturated heterocycles. The number of aldehydes is 1. The van der Waals surface area contributed by atoms with Crippen molar-refractivity contribution in [3.63, 3.8) is 0 Å². The predicted molar refractivity (Wildman–Crippen MR) is 177 cm³/mol. The van der Waals surface area contributed by atoms with Crippen LogP contribution in [0.4, 0.5) is 4.39 Å². The molecular weight excluding hydrogens is 612 g/mol. The summed E-state index contributed by atoms with van der Waals surface area (Å²) < 4.78 is 16.3. The first-order valence-corrected chi connectivity index (χ1v) is 15.1. The number of hydrogen-bond acceptors (Lipinski definition) is 5. The number of halogens is 3. The molecule has 0 unspecified atom stereocenters. The van der Waals surface area contributed by atoms with Gasteiger partial charge in [0.2, 0.25) is 0 Å². The molecule has 0 radical (unpaired) electrons. The van der Waals surface area contributed by atoms with Crippen molar-refractivity contribution in [3.05, 3.63) is 153 Å². The lowest BCUT2D eigenvalue weighted by molar-refractivity contribution is -0.105. The van der Waals surface area contributed by atoms with Crippen molar-refractivity contribution < 1.29 is 9.18 Å². The van der Waals surface area contributed by atoms with Crippen LogP contribution in [0.3, 0.4) is 0 Å². The van der Waals surface area contributed by atoms with Crippen molar-refractivity contribution in [1.82, 2.24) is 4.31 Å². The third-order valence-corrected chi connectivity index (χ3v) is 8.93. The Morgan fingerprint density at radius 1 is 0.955 bits per heavy atom. The first-order valence-electron chi connectivity index (χ1n) is 13.6. The van der Waals surface area contributed by atoms with Crippen LogP contribution in [0.2, 0.25) is 5.02 Å². The SMILES string of the molecule is C=C/C(F)=C\C=C1/CC(c2c(C#N)cccc2C#N)=C(c2cccc(C3=C(Cl)C=C(C=O)CC3)c2)N1Sc1ccc(Cl)cc1. The van der Waals surface area contributed by atoms with E-state index >= 15 is 0 Å². The molecule has 0 atom stereocenters. The molecule has 0 spiro atoms. The highest BCUT2D eigenvalue weighted by Crippen LogP contribution is 2.50. The van der Waals surface area contributed by atoms with Gasteiger partial charge in [0.25, 0.3) is 0 Å². The first kappa shape index (κ1) is 30.9. The largest absolute Gasteiger partial charge is 0.298 e. The zero-order valence-electron chi connectivity index (χ0n) is 23.4. The first-order chi connectivity index (χ1) is 21.4. The number of hydrogen-bond donors (Lipinski definition) is 0. The van der Waals surface area contributed by atoms with Gasteiger partial charge < -0.3 is 0 Å². The highest BCUT2D eigenvalue weighted by atomic mass is 35.5. The maximum absolute atomic E-state index is 14.3. The van der Waals surface area contributed by atoms with E-state index in [2.05, 4.69) is 18.7 Å². The predicted octanol–water partition coefficient (Wildman–Crippen LogP) is 10.2. The monoisotopic (exact) mass is 635 g/mol. The van der Waals surface area contributed by atoms with Crippen molar-refractivity contribution in [2.45, 2.75) is 24.2 Å². The van der Waals surface area contributed by atoms with Crippen LogP contribution in [-0.2, 0) is 4.79 Å². The molecule has 3 aromatic carbocycles. The Labute approximate surface area is 270 Å². The van der Waals surface area contributed by atoms with Gasteiger partial charge in [-0.2, -0.15) is 10.5 Å². The zero-order valence-corrected chi connectivity index (χ0v) is 25.7. The van der Waals surface area contributed by atoms with Crippen LogP contribution in [0.5, 0.6) is 0 Å². The maximum Gasteiger partial charge on any atom is 0.146 e. The number of allylic oxidation sites excluding steroid dienone is 9. The fourth-order valence-corrected chi connectivity index (χ4v) is 6.67. The fourth-order valence-electron chi connectivity index (χ4n) is 5.18. The topological polar surface area (TPSA) is 67.9 Å². The summed E-state index contributed by atoms with van der Waals surface area (Å²) in [6.07, 6.45) is 8.20. The average Bonchev–Trinajstić information content (AvgIpc) is 3.41. The molecule has 1 aliphatic heterocycles. The Balaban J connectivity index is 1.78. The molecule has 0 bridgehead atoms. The molecule has 216 valence electrons. The van der Waals surface area contributed by atoms with Crippen LogP contribution >= 0.6 is 35.1 Å². The van der Waals surface area contributed by atoms with E-state index in [0.717, 1.165) is 50.9 Å². The number of carbonyl (C=O) groups excluding carboxylic acids is 1. The Bertz CT molecular complexity index is 1870. The fraction of sp³-hybridized carbons (Fsp3) is 0.0833. The number of nitrogens with zero attached hydrogens (tertiary/aromatic N) is 3. The van der Waals surface area contributed by atoms with Gasteiger partial charge in [-0.1, -0.05) is 54.0 Å². The lowest BCUT2D eigenvalue weighted by Crippen LogP contribution is -2.09. The number of nitriles is 2. The van der Waals surface area contributed by atoms with Gasteiger partial charge in [0.15, 0.2) is 0 Å². The molecule has 0 N–H and O–H groups in total. The van der Waals surface area contributed by atoms with E-state index < -0.39 is 5.83 Å². The molecule has 3 aromatic rings. The molecule has 0 amide bonds. The quantitative estimate of drug-likeness (QED) is 0.140. The summed E-state index contributed by atoms with van der Waals surface area (Å²) >= 11 is 14.2. The van der Waals surface area contributed by atoms with Crippen molar-refractivity contribution >= 4 is 58.3 Å². The highest BCUT2D eigenvalue weighted by molar-refractivity contribution is 7.97. The van der Waals surface area contributed by atoms with Gasteiger partial charge in [-0.15, -0.1) is 0 Å². The Morgan fingerprint density at radius 2 is 1.64 bits per heavy atom. The summed E-state index contributed by atoms with van der Waals surface area (Å²) in [5.41, 5.74) is 6.77. The minimum absolute atomic E-state index is 0.323. The molecule has 8 heteroatoms. The van der Waals surface area contributed by atoms with Gasteiger partial charge in [0.05, 0.1) is 29.0 Å². The summed E-state index contributed by atoms with van der Waals surface area (Å²) in [7, 11) is 0. The van der Waals surface area contributed by atoms with E-state index in [0.29, 0.717) is 51.6 Å². The van der Waals surface area contributed by atoms with Crippen LogP contribution in [0.1, 0.15) is 47.1 Å². The molecule has 0 saturated carbocycles. The molecule has 2 aliphatic rings. The van der Waals surface area contributed by atoms with Gasteiger partial charge in [0, 0.05) is 32.6 Å². The van der Waals surface area contributed by atoms with E-state index in [9.17, 15) is 19.7 Å². The second-order valence-electron chi connectivity index (χ2n) is 9.95. The molecular formula is C36H24Cl2FN3OS. The van der Waals surface area contributed by atoms with Crippen molar-refractivity contribution in [1.29, 1.82) is 10.5 Å². The molecule has 1 aliphatic carbocycles. The van der Waals surface area contributed by atoms with Crippen LogP contribution in [0.25, 0.3) is 16.8 Å². The maximum atomic E-state index is 14.3. The Hall–Kier alpha value is -4.59. The Kier molecular flexibility index (Phi) is 9.68. The van der Waals surface area contributed by atoms with Crippen LogP contribution in [0, 0.1) is 22.7 Å². The van der Waals surface area contributed by atoms with Crippen molar-refractivity contribution in [2.75, 3.05) is 0 Å². The minimum atomic E-state index is -0.497. The van der Waals surface area contributed by atoms with E-state index in [1.165, 1.54) is 18.0 Å². The van der Waals surface area contributed by atoms with Crippen molar-refractivity contribution in [2.24, 2.45) is 0 Å². The zero-order chi connectivity index (χ0) is 31.2. The van der Waals surface area contributed by atoms with Gasteiger partial charge in [0.1, 0.15) is 12.1 Å². The lowest BCUT2D eigenvalue weighted by atomic mass is 9.89. The van der Waals surface area contributed by atoms with Crippen molar-refractivity contribution in [3.8, 4) is 12.1 Å². The van der Waals surface area contributed by atoms with E-state index in [4.69, 9.17) is 23.2 Å². The molecule has 0 fully saturated rings. The van der Waals surface area contributed by atoms with Crippen LogP contribution in [0.15, 0.2) is 125 Å². The van der Waals surface area contributed by atoms with Crippen LogP contribution < -0.4 is 0 Å². The third kappa shape index (κ3) is 6.49. The normalized spacial score (nSPS) is 16.1. The van der Waals surface area contributed by atoms with Gasteiger partial charge in [-0.3, -0.25) is 9.10 Å². The minimum Gasteiger partial charge on any atom is -0.298 e. The molecule has 0 aromatic heterocycles. The highest BCUT2D eigenvalue weighted by Gasteiger charge is 2.33. The van der Waals surface area contributed by atoms with Gasteiger partial charge in [-0.25, -0.2) is 4.39 Å². The van der Waals surface area contributed by atoms with E-state index in [1.54, 1.807) is 42.5 Å². The smallest absolute Gasteiger partial charge is 0.146 e. The standard InChI is InChI=1S/C36H24Cl2FN3OS/c1-2-29(39)12-13-30-19-33(35-26(20-40)7-4-8-27(35)21-41)36(42(30)44-31-14-10-28(37)11-15-31)25-6-3-5-24(18-25)32-16-9-23(22-43)17-34(32)38/h2-8,10-15,17-18,22H,1,9,16,19H2/b29-12+,30-13+. The van der Waals surface area contributed by atoms with E-state index in [-0.39, 0.29) is 0 Å². The number of benzene rings is 3. The van der Waals surface area contributed by atoms with Crippen LogP contribution in [-0.4, -0.2) is 10.6 Å². The summed E-state index contributed by atoms with van der Waals surface area (Å²) in [6, 6.07) is 24.8. The number of carbonyl (C=O) groups is 1. The third-order valence-electron chi connectivity index (χ3n) is 7.26.